The second kappa shape index (κ2) is 4.99. The predicted octanol–water partition coefficient (Wildman–Crippen LogP) is 2.63. The molecule has 2 heterocycles. The molecule has 1 aromatic rings. The number of nitrogens with zero attached hydrogens (tertiary/aromatic N) is 1. The molecule has 2 rings (SSSR count). The summed E-state index contributed by atoms with van der Waals surface area (Å²) in [6.45, 7) is 4.49. The van der Waals surface area contributed by atoms with Gasteiger partial charge >= 0.3 is 0 Å². The third kappa shape index (κ3) is 2.95. The van der Waals surface area contributed by atoms with E-state index in [0.717, 1.165) is 10.9 Å². The zero-order valence-corrected chi connectivity index (χ0v) is 10.1. The molecule has 0 spiro atoms. The third-order valence-electron chi connectivity index (χ3n) is 2.82. The van der Waals surface area contributed by atoms with E-state index in [1.165, 1.54) is 12.2 Å². The third-order valence-corrected chi connectivity index (χ3v) is 4.17. The number of nitrogens with one attached hydrogen (secondary N) is 1. The fourth-order valence-corrected chi connectivity index (χ4v) is 3.17. The molecule has 0 bridgehead atoms. The van der Waals surface area contributed by atoms with Gasteiger partial charge in [-0.25, -0.2) is 0 Å². The van der Waals surface area contributed by atoms with Gasteiger partial charge in [0.1, 0.15) is 0 Å². The molecule has 1 fully saturated rings. The summed E-state index contributed by atoms with van der Waals surface area (Å²) in [5, 5.41) is 4.45. The van der Waals surface area contributed by atoms with Gasteiger partial charge in [0.15, 0.2) is 0 Å². The zero-order valence-electron chi connectivity index (χ0n) is 9.31. The van der Waals surface area contributed by atoms with Crippen LogP contribution in [0.1, 0.15) is 32.0 Å². The standard InChI is InChI=1S/C12H18N2S/c1-9-7-11(8-15-9)14-10(2)12-5-3-4-6-13-12/h3-6,9-11,14H,7-8H2,1-2H3/t9?,10-,11?/m1/s1. The Kier molecular flexibility index (Phi) is 3.65. The molecular formula is C12H18N2S. The lowest BCUT2D eigenvalue weighted by atomic mass is 10.1. The van der Waals surface area contributed by atoms with Crippen LogP contribution in [-0.4, -0.2) is 22.0 Å². The molecule has 0 aliphatic carbocycles. The SMILES string of the molecule is CC1CC(N[C@H](C)c2ccccn2)CS1. The van der Waals surface area contributed by atoms with Crippen LogP contribution in [0.25, 0.3) is 0 Å². The minimum atomic E-state index is 0.363. The van der Waals surface area contributed by atoms with Crippen molar-refractivity contribution in [3.8, 4) is 0 Å². The van der Waals surface area contributed by atoms with E-state index in [-0.39, 0.29) is 0 Å². The number of hydrogen-bond acceptors (Lipinski definition) is 3. The quantitative estimate of drug-likeness (QED) is 0.851. The van der Waals surface area contributed by atoms with Crippen molar-refractivity contribution in [2.45, 2.75) is 37.6 Å². The molecule has 2 unspecified atom stereocenters. The van der Waals surface area contributed by atoms with Crippen LogP contribution in [0.3, 0.4) is 0 Å². The van der Waals surface area contributed by atoms with Crippen molar-refractivity contribution in [1.82, 2.24) is 10.3 Å². The van der Waals surface area contributed by atoms with Gasteiger partial charge < -0.3 is 5.32 Å². The number of aromatic nitrogens is 1. The summed E-state index contributed by atoms with van der Waals surface area (Å²) in [4.78, 5) is 4.37. The van der Waals surface area contributed by atoms with Crippen LogP contribution < -0.4 is 5.32 Å². The van der Waals surface area contributed by atoms with Crippen LogP contribution in [0.2, 0.25) is 0 Å². The molecule has 0 saturated carbocycles. The van der Waals surface area contributed by atoms with Crippen LogP contribution in [0, 0.1) is 0 Å². The van der Waals surface area contributed by atoms with Crippen LogP contribution >= 0.6 is 11.8 Å². The van der Waals surface area contributed by atoms with Gasteiger partial charge in [-0.05, 0) is 25.5 Å². The molecule has 3 atom stereocenters. The molecule has 2 nitrogen and oxygen atoms in total. The van der Waals surface area contributed by atoms with E-state index in [1.54, 1.807) is 0 Å². The average Bonchev–Trinajstić information content (AvgIpc) is 2.65. The highest BCUT2D eigenvalue weighted by atomic mass is 32.2. The first kappa shape index (κ1) is 11.0. The van der Waals surface area contributed by atoms with Gasteiger partial charge in [0.25, 0.3) is 0 Å². The van der Waals surface area contributed by atoms with E-state index in [0.29, 0.717) is 12.1 Å². The minimum Gasteiger partial charge on any atom is -0.305 e. The van der Waals surface area contributed by atoms with Crippen molar-refractivity contribution in [3.63, 3.8) is 0 Å². The van der Waals surface area contributed by atoms with Crippen LogP contribution in [0.15, 0.2) is 24.4 Å². The Labute approximate surface area is 95.9 Å². The molecule has 1 N–H and O–H groups in total. The maximum Gasteiger partial charge on any atom is 0.0570 e. The lowest BCUT2D eigenvalue weighted by Gasteiger charge is -2.18. The average molecular weight is 222 g/mol. The monoisotopic (exact) mass is 222 g/mol. The highest BCUT2D eigenvalue weighted by Gasteiger charge is 2.23. The molecule has 1 aromatic heterocycles. The number of rotatable bonds is 3. The minimum absolute atomic E-state index is 0.363. The van der Waals surface area contributed by atoms with E-state index < -0.39 is 0 Å². The lowest BCUT2D eigenvalue weighted by Crippen LogP contribution is -2.32. The summed E-state index contributed by atoms with van der Waals surface area (Å²) < 4.78 is 0. The lowest BCUT2D eigenvalue weighted by molar-refractivity contribution is 0.467. The Bertz CT molecular complexity index is 302. The largest absolute Gasteiger partial charge is 0.305 e. The fourth-order valence-electron chi connectivity index (χ4n) is 2.00. The Balaban J connectivity index is 1.90. The van der Waals surface area contributed by atoms with Gasteiger partial charge in [-0.2, -0.15) is 11.8 Å². The molecule has 1 aliphatic rings. The van der Waals surface area contributed by atoms with Crippen LogP contribution in [0.4, 0.5) is 0 Å². The van der Waals surface area contributed by atoms with Crippen molar-refractivity contribution in [2.75, 3.05) is 5.75 Å². The second-order valence-corrected chi connectivity index (χ2v) is 5.69. The molecule has 0 radical (unpaired) electrons. The van der Waals surface area contributed by atoms with E-state index in [2.05, 4.69) is 42.0 Å². The van der Waals surface area contributed by atoms with Crippen molar-refractivity contribution in [1.29, 1.82) is 0 Å². The topological polar surface area (TPSA) is 24.9 Å². The van der Waals surface area contributed by atoms with Crippen molar-refractivity contribution in [3.05, 3.63) is 30.1 Å². The van der Waals surface area contributed by atoms with Gasteiger partial charge in [0.05, 0.1) is 5.69 Å². The van der Waals surface area contributed by atoms with Crippen molar-refractivity contribution >= 4 is 11.8 Å². The highest BCUT2D eigenvalue weighted by molar-refractivity contribution is 8.00. The number of pyridine rings is 1. The maximum absolute atomic E-state index is 4.37. The normalized spacial score (nSPS) is 27.9. The first-order valence-electron chi connectivity index (χ1n) is 5.54. The smallest absolute Gasteiger partial charge is 0.0570 e. The molecule has 0 amide bonds. The maximum atomic E-state index is 4.37. The van der Waals surface area contributed by atoms with Gasteiger partial charge in [0.2, 0.25) is 0 Å². The molecule has 3 heteroatoms. The molecule has 1 aliphatic heterocycles. The van der Waals surface area contributed by atoms with Gasteiger partial charge in [-0.1, -0.05) is 13.0 Å². The molecule has 82 valence electrons. The molecule has 0 aromatic carbocycles. The Hall–Kier alpha value is -0.540. The second-order valence-electron chi connectivity index (χ2n) is 4.22. The first-order valence-corrected chi connectivity index (χ1v) is 6.59. The highest BCUT2D eigenvalue weighted by Crippen LogP contribution is 2.27. The number of thioether (sulfide) groups is 1. The number of hydrogen-bond donors (Lipinski definition) is 1. The van der Waals surface area contributed by atoms with E-state index >= 15 is 0 Å². The predicted molar refractivity (Wildman–Crippen MR) is 66.1 cm³/mol. The van der Waals surface area contributed by atoms with Gasteiger partial charge in [0, 0.05) is 29.3 Å². The summed E-state index contributed by atoms with van der Waals surface area (Å²) in [5.41, 5.74) is 1.14. The van der Waals surface area contributed by atoms with Gasteiger partial charge in [-0.3, -0.25) is 4.98 Å². The van der Waals surface area contributed by atoms with Crippen molar-refractivity contribution < 1.29 is 0 Å². The molecule has 1 saturated heterocycles. The van der Waals surface area contributed by atoms with E-state index in [4.69, 9.17) is 0 Å². The Morgan fingerprint density at radius 1 is 1.53 bits per heavy atom. The zero-order chi connectivity index (χ0) is 10.7. The van der Waals surface area contributed by atoms with E-state index in [9.17, 15) is 0 Å². The molecule has 15 heavy (non-hydrogen) atoms. The summed E-state index contributed by atoms with van der Waals surface area (Å²) in [5.74, 6) is 1.23. The molecular weight excluding hydrogens is 204 g/mol. The Morgan fingerprint density at radius 3 is 3.00 bits per heavy atom. The fraction of sp³-hybridized carbons (Fsp3) is 0.583. The Morgan fingerprint density at radius 2 is 2.40 bits per heavy atom. The van der Waals surface area contributed by atoms with Crippen LogP contribution in [-0.2, 0) is 0 Å². The summed E-state index contributed by atoms with van der Waals surface area (Å²) in [6, 6.07) is 7.11. The van der Waals surface area contributed by atoms with Gasteiger partial charge in [-0.15, -0.1) is 0 Å². The summed E-state index contributed by atoms with van der Waals surface area (Å²) in [6.07, 6.45) is 3.14. The summed E-state index contributed by atoms with van der Waals surface area (Å²) in [7, 11) is 0. The first-order chi connectivity index (χ1) is 7.25. The van der Waals surface area contributed by atoms with Crippen molar-refractivity contribution in [2.24, 2.45) is 0 Å². The summed E-state index contributed by atoms with van der Waals surface area (Å²) >= 11 is 2.06. The van der Waals surface area contributed by atoms with E-state index in [1.807, 2.05) is 18.3 Å². The van der Waals surface area contributed by atoms with Crippen LogP contribution in [0.5, 0.6) is 0 Å².